The molecule has 0 saturated heterocycles. The van der Waals surface area contributed by atoms with Gasteiger partial charge in [0, 0.05) is 45.0 Å². The number of rotatable bonds is 11. The summed E-state index contributed by atoms with van der Waals surface area (Å²) in [6.07, 6.45) is 3.17. The number of nitrogens with one attached hydrogen (secondary N) is 1. The van der Waals surface area contributed by atoms with Crippen LogP contribution in [-0.2, 0) is 17.8 Å². The number of hydrogen-bond acceptors (Lipinski definition) is 5. The Morgan fingerprint density at radius 2 is 2.10 bits per heavy atom. The zero-order valence-corrected chi connectivity index (χ0v) is 14.2. The summed E-state index contributed by atoms with van der Waals surface area (Å²) in [6, 6.07) is 1.02. The molecule has 1 atom stereocenters. The van der Waals surface area contributed by atoms with Gasteiger partial charge >= 0.3 is 0 Å². The fraction of sp³-hybridized carbons (Fsp3) is 0.867. The maximum atomic E-state index is 5.19. The minimum absolute atomic E-state index is 0.463. The molecule has 21 heavy (non-hydrogen) atoms. The molecule has 1 N–H and O–H groups in total. The number of aromatic nitrogens is 3. The highest BCUT2D eigenvalue weighted by molar-refractivity contribution is 4.91. The van der Waals surface area contributed by atoms with Gasteiger partial charge in [0.1, 0.15) is 0 Å². The van der Waals surface area contributed by atoms with Gasteiger partial charge in [0.2, 0.25) is 0 Å². The summed E-state index contributed by atoms with van der Waals surface area (Å²) in [5, 5.41) is 11.8. The normalized spacial score (nSPS) is 13.3. The topological polar surface area (TPSA) is 55.2 Å². The Morgan fingerprint density at radius 1 is 1.33 bits per heavy atom. The molecule has 1 heterocycles. The van der Waals surface area contributed by atoms with Crippen LogP contribution in [0.1, 0.15) is 39.8 Å². The minimum atomic E-state index is 0.463. The summed E-state index contributed by atoms with van der Waals surface area (Å²) in [5.74, 6) is 0. The predicted octanol–water partition coefficient (Wildman–Crippen LogP) is 1.52. The molecular weight excluding hydrogens is 266 g/mol. The first-order valence-electron chi connectivity index (χ1n) is 7.92. The fourth-order valence-electron chi connectivity index (χ4n) is 2.09. The maximum Gasteiger partial charge on any atom is 0.0964 e. The molecule has 0 aliphatic carbocycles. The molecule has 0 aliphatic heterocycles. The van der Waals surface area contributed by atoms with Gasteiger partial charge in [0.05, 0.1) is 18.8 Å². The van der Waals surface area contributed by atoms with E-state index >= 15 is 0 Å². The van der Waals surface area contributed by atoms with E-state index < -0.39 is 0 Å². The van der Waals surface area contributed by atoms with Crippen molar-refractivity contribution in [1.29, 1.82) is 0 Å². The van der Waals surface area contributed by atoms with Gasteiger partial charge in [0.25, 0.3) is 0 Å². The van der Waals surface area contributed by atoms with Crippen molar-refractivity contribution in [3.05, 3.63) is 11.9 Å². The van der Waals surface area contributed by atoms with Crippen molar-refractivity contribution in [2.75, 3.05) is 26.8 Å². The van der Waals surface area contributed by atoms with E-state index in [0.29, 0.717) is 12.1 Å². The van der Waals surface area contributed by atoms with Crippen LogP contribution in [0, 0.1) is 0 Å². The zero-order chi connectivity index (χ0) is 15.7. The number of ether oxygens (including phenoxy) is 1. The second kappa shape index (κ2) is 9.87. The Balaban J connectivity index is 2.43. The van der Waals surface area contributed by atoms with Gasteiger partial charge in [-0.2, -0.15) is 0 Å². The van der Waals surface area contributed by atoms with Crippen molar-refractivity contribution < 1.29 is 4.74 Å². The Morgan fingerprint density at radius 3 is 2.71 bits per heavy atom. The van der Waals surface area contributed by atoms with Crippen LogP contribution in [0.25, 0.3) is 0 Å². The third-order valence-electron chi connectivity index (χ3n) is 3.69. The van der Waals surface area contributed by atoms with E-state index in [1.807, 2.05) is 10.9 Å². The smallest absolute Gasteiger partial charge is 0.0964 e. The average molecular weight is 297 g/mol. The van der Waals surface area contributed by atoms with Crippen LogP contribution in [0.15, 0.2) is 6.20 Å². The lowest BCUT2D eigenvalue weighted by Crippen LogP contribution is -2.37. The monoisotopic (exact) mass is 297 g/mol. The van der Waals surface area contributed by atoms with Crippen molar-refractivity contribution in [2.24, 2.45) is 0 Å². The van der Waals surface area contributed by atoms with Crippen LogP contribution in [0.4, 0.5) is 0 Å². The van der Waals surface area contributed by atoms with Crippen molar-refractivity contribution in [1.82, 2.24) is 25.2 Å². The molecule has 1 aromatic rings. The molecule has 0 saturated carbocycles. The fourth-order valence-corrected chi connectivity index (χ4v) is 2.09. The van der Waals surface area contributed by atoms with Crippen molar-refractivity contribution >= 4 is 0 Å². The third-order valence-corrected chi connectivity index (χ3v) is 3.69. The van der Waals surface area contributed by atoms with Crippen molar-refractivity contribution in [3.8, 4) is 0 Å². The van der Waals surface area contributed by atoms with Gasteiger partial charge in [0.15, 0.2) is 0 Å². The van der Waals surface area contributed by atoms with Crippen molar-refractivity contribution in [3.63, 3.8) is 0 Å². The Kier molecular flexibility index (Phi) is 8.49. The van der Waals surface area contributed by atoms with Crippen LogP contribution in [0.3, 0.4) is 0 Å². The van der Waals surface area contributed by atoms with E-state index in [1.54, 1.807) is 7.11 Å². The summed E-state index contributed by atoms with van der Waals surface area (Å²) in [6.45, 7) is 13.1. The Labute approximate surface area is 128 Å². The highest BCUT2D eigenvalue weighted by Gasteiger charge is 2.12. The highest BCUT2D eigenvalue weighted by Crippen LogP contribution is 2.04. The summed E-state index contributed by atoms with van der Waals surface area (Å²) >= 11 is 0. The Bertz CT molecular complexity index is 380. The third kappa shape index (κ3) is 7.02. The van der Waals surface area contributed by atoms with Crippen LogP contribution < -0.4 is 5.32 Å². The van der Waals surface area contributed by atoms with Crippen molar-refractivity contribution in [2.45, 2.75) is 59.3 Å². The first kappa shape index (κ1) is 18.1. The molecule has 0 bridgehead atoms. The van der Waals surface area contributed by atoms with Crippen LogP contribution in [-0.4, -0.2) is 58.8 Å². The first-order valence-corrected chi connectivity index (χ1v) is 7.92. The van der Waals surface area contributed by atoms with E-state index in [4.69, 9.17) is 4.74 Å². The molecule has 0 spiro atoms. The van der Waals surface area contributed by atoms with Crippen LogP contribution in [0.2, 0.25) is 0 Å². The van der Waals surface area contributed by atoms with Crippen LogP contribution >= 0.6 is 0 Å². The summed E-state index contributed by atoms with van der Waals surface area (Å²) in [4.78, 5) is 2.44. The van der Waals surface area contributed by atoms with E-state index in [2.05, 4.69) is 48.2 Å². The lowest BCUT2D eigenvalue weighted by Gasteiger charge is -2.27. The SMILES string of the molecule is CCC(C)N(CCOC)CCn1cc(CNC(C)C)nn1. The highest BCUT2D eigenvalue weighted by atomic mass is 16.5. The zero-order valence-electron chi connectivity index (χ0n) is 14.2. The summed E-state index contributed by atoms with van der Waals surface area (Å²) in [7, 11) is 1.75. The number of hydrogen-bond donors (Lipinski definition) is 1. The largest absolute Gasteiger partial charge is 0.383 e. The number of methoxy groups -OCH3 is 1. The molecule has 0 aromatic carbocycles. The second-order valence-electron chi connectivity index (χ2n) is 5.79. The Hall–Kier alpha value is -0.980. The maximum absolute atomic E-state index is 5.19. The molecule has 0 amide bonds. The summed E-state index contributed by atoms with van der Waals surface area (Å²) in [5.41, 5.74) is 0.996. The van der Waals surface area contributed by atoms with Gasteiger partial charge in [-0.3, -0.25) is 9.58 Å². The van der Waals surface area contributed by atoms with Gasteiger partial charge in [-0.15, -0.1) is 5.10 Å². The molecular formula is C15H31N5O. The molecule has 0 fully saturated rings. The summed E-state index contributed by atoms with van der Waals surface area (Å²) < 4.78 is 7.12. The van der Waals surface area contributed by atoms with E-state index in [9.17, 15) is 0 Å². The van der Waals surface area contributed by atoms with Crippen LogP contribution in [0.5, 0.6) is 0 Å². The van der Waals surface area contributed by atoms with E-state index in [0.717, 1.165) is 44.9 Å². The molecule has 1 aromatic heterocycles. The molecule has 1 unspecified atom stereocenters. The average Bonchev–Trinajstić information content (AvgIpc) is 2.92. The van der Waals surface area contributed by atoms with E-state index in [1.165, 1.54) is 0 Å². The first-order chi connectivity index (χ1) is 10.1. The molecule has 0 radical (unpaired) electrons. The predicted molar refractivity (Wildman–Crippen MR) is 85.2 cm³/mol. The minimum Gasteiger partial charge on any atom is -0.383 e. The van der Waals surface area contributed by atoms with E-state index in [-0.39, 0.29) is 0 Å². The number of nitrogens with zero attached hydrogens (tertiary/aromatic N) is 4. The molecule has 1 rings (SSSR count). The quantitative estimate of drug-likeness (QED) is 0.671. The van der Waals surface area contributed by atoms with Gasteiger partial charge in [-0.05, 0) is 13.3 Å². The lowest BCUT2D eigenvalue weighted by molar-refractivity contribution is 0.119. The lowest BCUT2D eigenvalue weighted by atomic mass is 10.2. The van der Waals surface area contributed by atoms with Gasteiger partial charge < -0.3 is 10.1 Å². The van der Waals surface area contributed by atoms with Gasteiger partial charge in [-0.1, -0.05) is 26.0 Å². The second-order valence-corrected chi connectivity index (χ2v) is 5.79. The van der Waals surface area contributed by atoms with Gasteiger partial charge in [-0.25, -0.2) is 0 Å². The molecule has 6 heteroatoms. The molecule has 6 nitrogen and oxygen atoms in total. The molecule has 122 valence electrons. The standard InChI is InChI=1S/C15H31N5O/c1-6-14(4)19(9-10-21-5)7-8-20-12-15(17-18-20)11-16-13(2)3/h12-14,16H,6-11H2,1-5H3. The molecule has 0 aliphatic rings.